The molecule has 1 aliphatic carbocycles. The molecule has 128 valence electrons. The van der Waals surface area contributed by atoms with E-state index in [1.54, 1.807) is 33.5 Å². The first kappa shape index (κ1) is 17.8. The Morgan fingerprint density at radius 2 is 1.74 bits per heavy atom. The van der Waals surface area contributed by atoms with E-state index in [2.05, 4.69) is 11.6 Å². The quantitative estimate of drug-likeness (QED) is 0.863. The summed E-state index contributed by atoms with van der Waals surface area (Å²) in [4.78, 5) is 12.7. The number of rotatable bonds is 6. The minimum Gasteiger partial charge on any atom is -0.496 e. The van der Waals surface area contributed by atoms with Crippen LogP contribution in [0, 0.1) is 0 Å². The van der Waals surface area contributed by atoms with Crippen LogP contribution in [0.1, 0.15) is 36.0 Å². The average molecular weight is 339 g/mol. The highest BCUT2D eigenvalue weighted by Crippen LogP contribution is 2.35. The minimum atomic E-state index is -0.130. The Balaban J connectivity index is 2.17. The fourth-order valence-corrected chi connectivity index (χ4v) is 3.79. The fourth-order valence-electron chi connectivity index (χ4n) is 2.96. The molecule has 0 aliphatic heterocycles. The van der Waals surface area contributed by atoms with Gasteiger partial charge in [0, 0.05) is 23.4 Å². The number of amides is 1. The molecule has 0 spiro atoms. The van der Waals surface area contributed by atoms with Crippen molar-refractivity contribution in [1.29, 1.82) is 0 Å². The molecule has 1 aromatic rings. The van der Waals surface area contributed by atoms with Gasteiger partial charge in [0.05, 0.1) is 26.9 Å². The zero-order valence-electron chi connectivity index (χ0n) is 14.2. The summed E-state index contributed by atoms with van der Waals surface area (Å²) < 4.78 is 15.9. The Kier molecular flexibility index (Phi) is 6.45. The van der Waals surface area contributed by atoms with Gasteiger partial charge in [-0.2, -0.15) is 11.8 Å². The molecule has 5 nitrogen and oxygen atoms in total. The van der Waals surface area contributed by atoms with Crippen LogP contribution in [0.2, 0.25) is 0 Å². The van der Waals surface area contributed by atoms with Crippen LogP contribution in [0.25, 0.3) is 0 Å². The number of methoxy groups -OCH3 is 3. The van der Waals surface area contributed by atoms with Gasteiger partial charge < -0.3 is 19.5 Å². The predicted molar refractivity (Wildman–Crippen MR) is 93.1 cm³/mol. The van der Waals surface area contributed by atoms with Crippen LogP contribution in [0.15, 0.2) is 12.1 Å². The first-order valence-electron chi connectivity index (χ1n) is 7.76. The molecule has 0 saturated heterocycles. The molecular weight excluding hydrogens is 314 g/mol. The molecule has 1 aromatic carbocycles. The summed E-state index contributed by atoms with van der Waals surface area (Å²) in [7, 11) is 4.65. The van der Waals surface area contributed by atoms with Crippen molar-refractivity contribution in [3.05, 3.63) is 17.7 Å². The second-order valence-corrected chi connectivity index (χ2v) is 6.74. The van der Waals surface area contributed by atoms with Crippen LogP contribution in [-0.4, -0.2) is 44.8 Å². The smallest absolute Gasteiger partial charge is 0.255 e. The third-order valence-electron chi connectivity index (χ3n) is 4.24. The van der Waals surface area contributed by atoms with Crippen LogP contribution in [0.3, 0.4) is 0 Å². The fraction of sp³-hybridized carbons (Fsp3) is 0.588. The van der Waals surface area contributed by atoms with Gasteiger partial charge in [-0.05, 0) is 25.5 Å². The Bertz CT molecular complexity index is 550. The molecule has 1 N–H and O–H groups in total. The molecule has 0 bridgehead atoms. The normalized spacial score (nSPS) is 20.7. The standard InChI is InChI=1S/C17H25NO4S/c1-20-14-10-16(22-3)15(21-2)9-13(14)17(19)18-11-6-5-7-12(8-11)23-4/h9-12H,5-8H2,1-4H3,(H,18,19)/t11-,12+/m1/s1. The van der Waals surface area contributed by atoms with Crippen LogP contribution in [-0.2, 0) is 0 Å². The summed E-state index contributed by atoms with van der Waals surface area (Å²) in [6.45, 7) is 0. The van der Waals surface area contributed by atoms with Gasteiger partial charge in [0.25, 0.3) is 5.91 Å². The molecule has 0 unspecified atom stereocenters. The number of hydrogen-bond acceptors (Lipinski definition) is 5. The van der Waals surface area contributed by atoms with Crippen molar-refractivity contribution in [3.8, 4) is 17.2 Å². The van der Waals surface area contributed by atoms with E-state index < -0.39 is 0 Å². The number of nitrogens with one attached hydrogen (secondary N) is 1. The summed E-state index contributed by atoms with van der Waals surface area (Å²) in [6, 6.07) is 3.56. The van der Waals surface area contributed by atoms with Gasteiger partial charge in [-0.25, -0.2) is 0 Å². The summed E-state index contributed by atoms with van der Waals surface area (Å²) in [5.74, 6) is 1.41. The predicted octanol–water partition coefficient (Wildman–Crippen LogP) is 3.12. The SMILES string of the molecule is COc1cc(OC)c(C(=O)N[C@@H]2CCC[C@H](SC)C2)cc1OC. The van der Waals surface area contributed by atoms with Crippen molar-refractivity contribution in [2.24, 2.45) is 0 Å². The van der Waals surface area contributed by atoms with Gasteiger partial charge in [-0.3, -0.25) is 4.79 Å². The second-order valence-electron chi connectivity index (χ2n) is 5.60. The van der Waals surface area contributed by atoms with Crippen LogP contribution >= 0.6 is 11.8 Å². The first-order valence-corrected chi connectivity index (χ1v) is 9.05. The Morgan fingerprint density at radius 3 is 2.35 bits per heavy atom. The second kappa shape index (κ2) is 8.34. The van der Waals surface area contributed by atoms with Gasteiger partial charge >= 0.3 is 0 Å². The summed E-state index contributed by atoms with van der Waals surface area (Å²) >= 11 is 1.88. The highest BCUT2D eigenvalue weighted by molar-refractivity contribution is 7.99. The van der Waals surface area contributed by atoms with Gasteiger partial charge in [0.2, 0.25) is 0 Å². The maximum Gasteiger partial charge on any atom is 0.255 e. The number of hydrogen-bond donors (Lipinski definition) is 1. The van der Waals surface area contributed by atoms with E-state index in [4.69, 9.17) is 14.2 Å². The van der Waals surface area contributed by atoms with E-state index in [1.807, 2.05) is 11.8 Å². The third-order valence-corrected chi connectivity index (χ3v) is 5.34. The minimum absolute atomic E-state index is 0.130. The maximum atomic E-state index is 12.7. The summed E-state index contributed by atoms with van der Waals surface area (Å²) in [5.41, 5.74) is 0.469. The zero-order valence-corrected chi connectivity index (χ0v) is 15.0. The molecule has 2 atom stereocenters. The lowest BCUT2D eigenvalue weighted by Crippen LogP contribution is -2.39. The van der Waals surface area contributed by atoms with Crippen molar-refractivity contribution in [1.82, 2.24) is 5.32 Å². The molecular formula is C17H25NO4S. The molecule has 1 fully saturated rings. The van der Waals surface area contributed by atoms with Gasteiger partial charge in [-0.1, -0.05) is 6.42 Å². The van der Waals surface area contributed by atoms with Crippen molar-refractivity contribution in [2.45, 2.75) is 37.0 Å². The third kappa shape index (κ3) is 4.25. The number of carbonyl (C=O) groups excluding carboxylic acids is 1. The molecule has 1 amide bonds. The highest BCUT2D eigenvalue weighted by Gasteiger charge is 2.25. The van der Waals surface area contributed by atoms with E-state index in [-0.39, 0.29) is 11.9 Å². The molecule has 1 saturated carbocycles. The largest absolute Gasteiger partial charge is 0.496 e. The van der Waals surface area contributed by atoms with Crippen molar-refractivity contribution >= 4 is 17.7 Å². The van der Waals surface area contributed by atoms with E-state index in [0.29, 0.717) is 28.1 Å². The molecule has 6 heteroatoms. The van der Waals surface area contributed by atoms with E-state index in [9.17, 15) is 4.79 Å². The highest BCUT2D eigenvalue weighted by atomic mass is 32.2. The number of thioether (sulfide) groups is 1. The van der Waals surface area contributed by atoms with Crippen LogP contribution < -0.4 is 19.5 Å². The zero-order chi connectivity index (χ0) is 16.8. The lowest BCUT2D eigenvalue weighted by atomic mass is 9.94. The van der Waals surface area contributed by atoms with Gasteiger partial charge in [-0.15, -0.1) is 0 Å². The Hall–Kier alpha value is -1.56. The molecule has 0 heterocycles. The monoisotopic (exact) mass is 339 g/mol. The van der Waals surface area contributed by atoms with Crippen molar-refractivity contribution in [3.63, 3.8) is 0 Å². The Morgan fingerprint density at radius 1 is 1.09 bits per heavy atom. The molecule has 2 rings (SSSR count). The van der Waals surface area contributed by atoms with Crippen LogP contribution in [0.5, 0.6) is 17.2 Å². The summed E-state index contributed by atoms with van der Waals surface area (Å²) in [5, 5.41) is 3.76. The number of ether oxygens (including phenoxy) is 3. The summed E-state index contributed by atoms with van der Waals surface area (Å²) in [6.07, 6.45) is 6.56. The average Bonchev–Trinajstić information content (AvgIpc) is 2.60. The Labute approximate surface area is 142 Å². The molecule has 0 aromatic heterocycles. The molecule has 23 heavy (non-hydrogen) atoms. The van der Waals surface area contributed by atoms with Gasteiger partial charge in [0.1, 0.15) is 5.75 Å². The van der Waals surface area contributed by atoms with Crippen molar-refractivity contribution in [2.75, 3.05) is 27.6 Å². The number of benzene rings is 1. The van der Waals surface area contributed by atoms with E-state index in [1.165, 1.54) is 6.42 Å². The maximum absolute atomic E-state index is 12.7. The number of carbonyl (C=O) groups is 1. The molecule has 1 aliphatic rings. The topological polar surface area (TPSA) is 56.8 Å². The lowest BCUT2D eigenvalue weighted by Gasteiger charge is -2.28. The van der Waals surface area contributed by atoms with Gasteiger partial charge in [0.15, 0.2) is 11.5 Å². The molecule has 0 radical (unpaired) electrons. The van der Waals surface area contributed by atoms with Crippen molar-refractivity contribution < 1.29 is 19.0 Å². The van der Waals surface area contributed by atoms with Crippen LogP contribution in [0.4, 0.5) is 0 Å². The van der Waals surface area contributed by atoms with E-state index >= 15 is 0 Å². The van der Waals surface area contributed by atoms with E-state index in [0.717, 1.165) is 19.3 Å². The first-order chi connectivity index (χ1) is 11.1. The lowest BCUT2D eigenvalue weighted by molar-refractivity contribution is 0.0925.